The summed E-state index contributed by atoms with van der Waals surface area (Å²) in [4.78, 5) is 28.6. The number of benzene rings is 2. The van der Waals surface area contributed by atoms with Crippen LogP contribution in [0.3, 0.4) is 0 Å². The molecule has 0 saturated carbocycles. The molecule has 33 heavy (non-hydrogen) atoms. The van der Waals surface area contributed by atoms with E-state index in [1.807, 2.05) is 30.3 Å². The van der Waals surface area contributed by atoms with Crippen molar-refractivity contribution in [2.75, 3.05) is 49.5 Å². The van der Waals surface area contributed by atoms with Crippen LogP contribution in [0.1, 0.15) is 18.9 Å². The lowest BCUT2D eigenvalue weighted by molar-refractivity contribution is -0.137. The topological polar surface area (TPSA) is 73.9 Å². The minimum Gasteiger partial charge on any atom is -0.492 e. The van der Waals surface area contributed by atoms with Crippen LogP contribution in [0.5, 0.6) is 5.75 Å². The molecule has 1 aliphatic heterocycles. The standard InChI is InChI=1S/C23H27F3N4O3/c1-2-33-20-9-8-17(23(24,25)26)16-19(20)28-22(32)27-11-10-21(31)30-14-12-29(13-15-30)18-6-4-3-5-7-18/h3-9,16H,2,10-15H2,1H3,(H2,27,28,32). The fourth-order valence-corrected chi connectivity index (χ4v) is 3.55. The zero-order chi connectivity index (χ0) is 23.8. The Morgan fingerprint density at radius 1 is 1.03 bits per heavy atom. The fraction of sp³-hybridized carbons (Fsp3) is 0.391. The predicted molar refractivity (Wildman–Crippen MR) is 119 cm³/mol. The summed E-state index contributed by atoms with van der Waals surface area (Å²) in [6, 6.07) is 12.1. The van der Waals surface area contributed by atoms with Crippen LogP contribution in [-0.2, 0) is 11.0 Å². The molecule has 3 rings (SSSR count). The quantitative estimate of drug-likeness (QED) is 0.651. The summed E-state index contributed by atoms with van der Waals surface area (Å²) in [5.41, 5.74) is 0.127. The van der Waals surface area contributed by atoms with Crippen molar-refractivity contribution in [3.63, 3.8) is 0 Å². The van der Waals surface area contributed by atoms with Crippen LogP contribution in [0.15, 0.2) is 48.5 Å². The van der Waals surface area contributed by atoms with Gasteiger partial charge in [-0.15, -0.1) is 0 Å². The number of ether oxygens (including phenoxy) is 1. The average Bonchev–Trinajstić information content (AvgIpc) is 2.80. The fourth-order valence-electron chi connectivity index (χ4n) is 3.55. The first-order valence-electron chi connectivity index (χ1n) is 10.7. The molecule has 0 bridgehead atoms. The van der Waals surface area contributed by atoms with Gasteiger partial charge in [-0.3, -0.25) is 4.79 Å². The first-order chi connectivity index (χ1) is 15.8. The maximum absolute atomic E-state index is 13.0. The van der Waals surface area contributed by atoms with Crippen LogP contribution < -0.4 is 20.3 Å². The first kappa shape index (κ1) is 24.2. The van der Waals surface area contributed by atoms with Crippen molar-refractivity contribution < 1.29 is 27.5 Å². The lowest BCUT2D eigenvalue weighted by atomic mass is 10.2. The van der Waals surface area contributed by atoms with Gasteiger partial charge in [0.25, 0.3) is 0 Å². The summed E-state index contributed by atoms with van der Waals surface area (Å²) in [6.45, 7) is 4.59. The highest BCUT2D eigenvalue weighted by Crippen LogP contribution is 2.35. The second-order valence-electron chi connectivity index (χ2n) is 7.48. The summed E-state index contributed by atoms with van der Waals surface area (Å²) in [5.74, 6) is 0.0464. The smallest absolute Gasteiger partial charge is 0.416 e. The highest BCUT2D eigenvalue weighted by Gasteiger charge is 2.31. The third kappa shape index (κ3) is 6.77. The number of hydrogen-bond acceptors (Lipinski definition) is 4. The normalized spacial score (nSPS) is 14.1. The number of nitrogens with zero attached hydrogens (tertiary/aromatic N) is 2. The Labute approximate surface area is 190 Å². The molecule has 7 nitrogen and oxygen atoms in total. The average molecular weight is 464 g/mol. The van der Waals surface area contributed by atoms with Gasteiger partial charge >= 0.3 is 12.2 Å². The largest absolute Gasteiger partial charge is 0.492 e. The Balaban J connectivity index is 1.46. The highest BCUT2D eigenvalue weighted by molar-refractivity contribution is 5.91. The first-order valence-corrected chi connectivity index (χ1v) is 10.7. The number of carbonyl (C=O) groups excluding carboxylic acids is 2. The zero-order valence-electron chi connectivity index (χ0n) is 18.3. The summed E-state index contributed by atoms with van der Waals surface area (Å²) in [7, 11) is 0. The lowest BCUT2D eigenvalue weighted by Crippen LogP contribution is -2.49. The number of urea groups is 1. The Kier molecular flexibility index (Phi) is 8.02. The summed E-state index contributed by atoms with van der Waals surface area (Å²) in [6.07, 6.45) is -4.45. The van der Waals surface area contributed by atoms with E-state index >= 15 is 0 Å². The predicted octanol–water partition coefficient (Wildman–Crippen LogP) is 3.96. The van der Waals surface area contributed by atoms with Crippen molar-refractivity contribution in [2.24, 2.45) is 0 Å². The number of anilines is 2. The third-order valence-electron chi connectivity index (χ3n) is 5.23. The molecule has 1 aliphatic rings. The van der Waals surface area contributed by atoms with E-state index in [0.29, 0.717) is 13.1 Å². The molecule has 0 spiro atoms. The van der Waals surface area contributed by atoms with Gasteiger partial charge in [-0.25, -0.2) is 4.79 Å². The number of para-hydroxylation sites is 1. The SMILES string of the molecule is CCOc1ccc(C(F)(F)F)cc1NC(=O)NCCC(=O)N1CCN(c2ccccc2)CC1. The van der Waals surface area contributed by atoms with E-state index in [1.54, 1.807) is 11.8 Å². The van der Waals surface area contributed by atoms with Gasteiger partial charge in [-0.1, -0.05) is 18.2 Å². The Hall–Kier alpha value is -3.43. The highest BCUT2D eigenvalue weighted by atomic mass is 19.4. The van der Waals surface area contributed by atoms with E-state index in [2.05, 4.69) is 15.5 Å². The summed E-state index contributed by atoms with van der Waals surface area (Å²) >= 11 is 0. The second kappa shape index (κ2) is 10.9. The molecule has 2 aromatic rings. The van der Waals surface area contributed by atoms with Crippen molar-refractivity contribution in [3.8, 4) is 5.75 Å². The number of alkyl halides is 3. The maximum Gasteiger partial charge on any atom is 0.416 e. The molecule has 0 atom stereocenters. The van der Waals surface area contributed by atoms with E-state index in [4.69, 9.17) is 4.74 Å². The summed E-state index contributed by atoms with van der Waals surface area (Å²) < 4.78 is 44.3. The van der Waals surface area contributed by atoms with Crippen LogP contribution in [0, 0.1) is 0 Å². The Morgan fingerprint density at radius 2 is 1.73 bits per heavy atom. The number of hydrogen-bond donors (Lipinski definition) is 2. The van der Waals surface area contributed by atoms with Gasteiger partial charge in [-0.05, 0) is 37.3 Å². The Morgan fingerprint density at radius 3 is 2.36 bits per heavy atom. The van der Waals surface area contributed by atoms with E-state index in [1.165, 1.54) is 6.07 Å². The van der Waals surface area contributed by atoms with E-state index in [9.17, 15) is 22.8 Å². The minimum atomic E-state index is -4.55. The molecule has 0 unspecified atom stereocenters. The molecule has 2 N–H and O–H groups in total. The van der Waals surface area contributed by atoms with Crippen molar-refractivity contribution in [2.45, 2.75) is 19.5 Å². The van der Waals surface area contributed by atoms with Crippen LogP contribution in [0.25, 0.3) is 0 Å². The Bertz CT molecular complexity index is 946. The molecular weight excluding hydrogens is 437 g/mol. The molecule has 0 aliphatic carbocycles. The third-order valence-corrected chi connectivity index (χ3v) is 5.23. The van der Waals surface area contributed by atoms with Crippen LogP contribution in [0.4, 0.5) is 29.3 Å². The van der Waals surface area contributed by atoms with Gasteiger partial charge in [0.15, 0.2) is 0 Å². The number of piperazine rings is 1. The molecule has 1 saturated heterocycles. The number of halogens is 3. The molecule has 1 heterocycles. The van der Waals surface area contributed by atoms with E-state index < -0.39 is 17.8 Å². The van der Waals surface area contributed by atoms with E-state index in [-0.39, 0.29) is 36.9 Å². The lowest BCUT2D eigenvalue weighted by Gasteiger charge is -2.36. The molecule has 2 aromatic carbocycles. The van der Waals surface area contributed by atoms with Crippen molar-refractivity contribution in [1.82, 2.24) is 10.2 Å². The molecule has 0 aromatic heterocycles. The zero-order valence-corrected chi connectivity index (χ0v) is 18.3. The van der Waals surface area contributed by atoms with Crippen LogP contribution in [-0.4, -0.2) is 56.2 Å². The molecule has 178 valence electrons. The van der Waals surface area contributed by atoms with Gasteiger partial charge < -0.3 is 25.2 Å². The van der Waals surface area contributed by atoms with Crippen LogP contribution >= 0.6 is 0 Å². The minimum absolute atomic E-state index is 0.0620. The van der Waals surface area contributed by atoms with Gasteiger partial charge in [0.1, 0.15) is 5.75 Å². The number of carbonyl (C=O) groups is 2. The van der Waals surface area contributed by atoms with Crippen molar-refractivity contribution >= 4 is 23.3 Å². The molecule has 1 fully saturated rings. The van der Waals surface area contributed by atoms with Gasteiger partial charge in [0, 0.05) is 44.8 Å². The molecular formula is C23H27F3N4O3. The van der Waals surface area contributed by atoms with Crippen molar-refractivity contribution in [1.29, 1.82) is 0 Å². The maximum atomic E-state index is 13.0. The van der Waals surface area contributed by atoms with Gasteiger partial charge in [-0.2, -0.15) is 13.2 Å². The summed E-state index contributed by atoms with van der Waals surface area (Å²) in [5, 5.41) is 4.90. The second-order valence-corrected chi connectivity index (χ2v) is 7.48. The van der Waals surface area contributed by atoms with Gasteiger partial charge in [0.2, 0.25) is 5.91 Å². The number of rotatable bonds is 7. The number of nitrogens with one attached hydrogen (secondary N) is 2. The number of amides is 3. The van der Waals surface area contributed by atoms with Crippen LogP contribution in [0.2, 0.25) is 0 Å². The molecule has 3 amide bonds. The van der Waals surface area contributed by atoms with E-state index in [0.717, 1.165) is 30.9 Å². The monoisotopic (exact) mass is 464 g/mol. The molecule has 0 radical (unpaired) electrons. The van der Waals surface area contributed by atoms with Gasteiger partial charge in [0.05, 0.1) is 17.9 Å². The molecule has 10 heteroatoms. The van der Waals surface area contributed by atoms with Crippen molar-refractivity contribution in [3.05, 3.63) is 54.1 Å².